The zero-order valence-corrected chi connectivity index (χ0v) is 15.5. The lowest BCUT2D eigenvalue weighted by Gasteiger charge is -2.32. The molecule has 1 fully saturated rings. The van der Waals surface area contributed by atoms with Crippen LogP contribution in [-0.2, 0) is 6.54 Å². The summed E-state index contributed by atoms with van der Waals surface area (Å²) < 4.78 is 2.06. The molecule has 1 aliphatic rings. The number of rotatable bonds is 5. The standard InChI is InChI=1S/C17H24N4O.2ClH/c1-14-20-9-10-21(14)16-5-3-15(4-6-16)11-19-13-17(22)7-2-8-18-12-17;;/h3-6,9-10,18-19,22H,2,7-8,11-13H2,1H3;2*1H. The lowest BCUT2D eigenvalue weighted by molar-refractivity contribution is 0.0169. The molecular weight excluding hydrogens is 347 g/mol. The molecule has 2 aromatic rings. The molecule has 1 atom stereocenters. The summed E-state index contributed by atoms with van der Waals surface area (Å²) in [5, 5.41) is 17.0. The molecule has 1 aromatic carbocycles. The number of nitrogens with zero attached hydrogens (tertiary/aromatic N) is 2. The molecular formula is C17H26Cl2N4O. The van der Waals surface area contributed by atoms with Crippen LogP contribution in [0.2, 0.25) is 0 Å². The average molecular weight is 373 g/mol. The van der Waals surface area contributed by atoms with Crippen molar-refractivity contribution in [2.24, 2.45) is 0 Å². The number of β-amino-alcohol motifs (C(OH)–C–C–N with tert-alkyl or cyclic N) is 1. The van der Waals surface area contributed by atoms with Gasteiger partial charge in [-0.05, 0) is 44.0 Å². The summed E-state index contributed by atoms with van der Waals surface area (Å²) in [4.78, 5) is 4.24. The van der Waals surface area contributed by atoms with Crippen molar-refractivity contribution in [1.82, 2.24) is 20.2 Å². The first-order valence-corrected chi connectivity index (χ1v) is 7.89. The van der Waals surface area contributed by atoms with Crippen molar-refractivity contribution in [3.63, 3.8) is 0 Å². The van der Waals surface area contributed by atoms with Crippen molar-refractivity contribution in [3.05, 3.63) is 48.0 Å². The highest BCUT2D eigenvalue weighted by atomic mass is 35.5. The van der Waals surface area contributed by atoms with Crippen LogP contribution in [-0.4, -0.2) is 39.9 Å². The van der Waals surface area contributed by atoms with Crippen LogP contribution in [0.15, 0.2) is 36.7 Å². The quantitative estimate of drug-likeness (QED) is 0.752. The zero-order chi connectivity index (χ0) is 15.4. The molecule has 0 bridgehead atoms. The fourth-order valence-electron chi connectivity index (χ4n) is 2.97. The van der Waals surface area contributed by atoms with Crippen molar-refractivity contribution in [1.29, 1.82) is 0 Å². The predicted molar refractivity (Wildman–Crippen MR) is 102 cm³/mol. The van der Waals surface area contributed by atoms with Crippen LogP contribution < -0.4 is 10.6 Å². The van der Waals surface area contributed by atoms with Gasteiger partial charge < -0.3 is 20.3 Å². The molecule has 0 saturated carbocycles. The van der Waals surface area contributed by atoms with Crippen LogP contribution >= 0.6 is 24.8 Å². The highest BCUT2D eigenvalue weighted by Gasteiger charge is 2.28. The van der Waals surface area contributed by atoms with Gasteiger partial charge in [-0.15, -0.1) is 24.8 Å². The molecule has 1 unspecified atom stereocenters. The Kier molecular flexibility index (Phi) is 8.19. The predicted octanol–water partition coefficient (Wildman–Crippen LogP) is 2.23. The number of nitrogens with one attached hydrogen (secondary N) is 2. The van der Waals surface area contributed by atoms with Gasteiger partial charge in [-0.1, -0.05) is 12.1 Å². The summed E-state index contributed by atoms with van der Waals surface area (Å²) in [6.07, 6.45) is 5.68. The average Bonchev–Trinajstić information content (AvgIpc) is 2.95. The van der Waals surface area contributed by atoms with Crippen LogP contribution in [0.5, 0.6) is 0 Å². The van der Waals surface area contributed by atoms with Crippen molar-refractivity contribution in [2.45, 2.75) is 31.9 Å². The molecule has 1 aliphatic heterocycles. The first-order chi connectivity index (χ1) is 10.7. The third-order valence-corrected chi connectivity index (χ3v) is 4.27. The van der Waals surface area contributed by atoms with Crippen LogP contribution in [0, 0.1) is 6.92 Å². The molecule has 1 aromatic heterocycles. The molecule has 1 saturated heterocycles. The van der Waals surface area contributed by atoms with Gasteiger partial charge in [0.25, 0.3) is 0 Å². The van der Waals surface area contributed by atoms with E-state index in [0.29, 0.717) is 13.1 Å². The van der Waals surface area contributed by atoms with Crippen LogP contribution in [0.1, 0.15) is 24.2 Å². The van der Waals surface area contributed by atoms with Gasteiger partial charge in [0.15, 0.2) is 0 Å². The van der Waals surface area contributed by atoms with Gasteiger partial charge in [0.05, 0.1) is 5.60 Å². The molecule has 2 heterocycles. The second-order valence-corrected chi connectivity index (χ2v) is 6.12. The minimum absolute atomic E-state index is 0. The van der Waals surface area contributed by atoms with Gasteiger partial charge in [-0.2, -0.15) is 0 Å². The number of piperidine rings is 1. The smallest absolute Gasteiger partial charge is 0.110 e. The van der Waals surface area contributed by atoms with E-state index in [1.807, 2.05) is 19.3 Å². The highest BCUT2D eigenvalue weighted by molar-refractivity contribution is 5.85. The van der Waals surface area contributed by atoms with Crippen LogP contribution in [0.4, 0.5) is 0 Å². The summed E-state index contributed by atoms with van der Waals surface area (Å²) in [5.74, 6) is 0.984. The second-order valence-electron chi connectivity index (χ2n) is 6.12. The van der Waals surface area contributed by atoms with E-state index in [0.717, 1.165) is 37.4 Å². The van der Waals surface area contributed by atoms with E-state index in [9.17, 15) is 5.11 Å². The molecule has 0 spiro atoms. The summed E-state index contributed by atoms with van der Waals surface area (Å²) in [7, 11) is 0. The largest absolute Gasteiger partial charge is 0.387 e. The maximum absolute atomic E-state index is 10.4. The van der Waals surface area contributed by atoms with Crippen LogP contribution in [0.3, 0.4) is 0 Å². The molecule has 134 valence electrons. The molecule has 0 aliphatic carbocycles. The first-order valence-electron chi connectivity index (χ1n) is 7.89. The number of aryl methyl sites for hydroxylation is 1. The Hall–Kier alpha value is -1.11. The number of aliphatic hydroxyl groups is 1. The number of imidazole rings is 1. The minimum atomic E-state index is -0.605. The number of halogens is 2. The summed E-state index contributed by atoms with van der Waals surface area (Å²) in [6.45, 7) is 5.08. The van der Waals surface area contributed by atoms with Crippen molar-refractivity contribution < 1.29 is 5.11 Å². The fourth-order valence-corrected chi connectivity index (χ4v) is 2.97. The molecule has 3 rings (SSSR count). The Balaban J connectivity index is 0.00000144. The Labute approximate surface area is 155 Å². The molecule has 0 amide bonds. The second kappa shape index (κ2) is 9.39. The number of benzene rings is 1. The fraction of sp³-hybridized carbons (Fsp3) is 0.471. The maximum Gasteiger partial charge on any atom is 0.110 e. The lowest BCUT2D eigenvalue weighted by Crippen LogP contribution is -2.51. The van der Waals surface area contributed by atoms with E-state index in [1.54, 1.807) is 0 Å². The first kappa shape index (κ1) is 20.9. The SMILES string of the molecule is Cc1nccn1-c1ccc(CNCC2(O)CCCNC2)cc1.Cl.Cl. The van der Waals surface area contributed by atoms with Crippen molar-refractivity contribution in [2.75, 3.05) is 19.6 Å². The van der Waals surface area contributed by atoms with Crippen LogP contribution in [0.25, 0.3) is 5.69 Å². The van der Waals surface area contributed by atoms with Gasteiger partial charge in [0.2, 0.25) is 0 Å². The summed E-state index contributed by atoms with van der Waals surface area (Å²) >= 11 is 0. The summed E-state index contributed by atoms with van der Waals surface area (Å²) in [5.41, 5.74) is 1.73. The maximum atomic E-state index is 10.4. The topological polar surface area (TPSA) is 62.1 Å². The lowest BCUT2D eigenvalue weighted by atomic mass is 9.94. The van der Waals surface area contributed by atoms with E-state index in [2.05, 4.69) is 44.5 Å². The van der Waals surface area contributed by atoms with Gasteiger partial charge in [0.1, 0.15) is 5.82 Å². The van der Waals surface area contributed by atoms with E-state index in [4.69, 9.17) is 0 Å². The number of hydrogen-bond donors (Lipinski definition) is 3. The van der Waals surface area contributed by atoms with E-state index < -0.39 is 5.60 Å². The van der Waals surface area contributed by atoms with Gasteiger partial charge >= 0.3 is 0 Å². The van der Waals surface area contributed by atoms with E-state index >= 15 is 0 Å². The molecule has 3 N–H and O–H groups in total. The van der Waals surface area contributed by atoms with Gasteiger partial charge in [-0.25, -0.2) is 4.98 Å². The Morgan fingerprint density at radius 1 is 1.29 bits per heavy atom. The Bertz CT molecular complexity index is 609. The number of aromatic nitrogens is 2. The van der Waals surface area contributed by atoms with Crippen molar-refractivity contribution in [3.8, 4) is 5.69 Å². The van der Waals surface area contributed by atoms with E-state index in [1.165, 1.54) is 5.56 Å². The van der Waals surface area contributed by atoms with Gasteiger partial charge in [-0.3, -0.25) is 0 Å². The van der Waals surface area contributed by atoms with E-state index in [-0.39, 0.29) is 24.8 Å². The summed E-state index contributed by atoms with van der Waals surface area (Å²) in [6, 6.07) is 8.43. The highest BCUT2D eigenvalue weighted by Crippen LogP contribution is 2.15. The minimum Gasteiger partial charge on any atom is -0.387 e. The molecule has 24 heavy (non-hydrogen) atoms. The Morgan fingerprint density at radius 3 is 2.62 bits per heavy atom. The van der Waals surface area contributed by atoms with Crippen molar-refractivity contribution >= 4 is 24.8 Å². The Morgan fingerprint density at radius 2 is 2.04 bits per heavy atom. The molecule has 5 nitrogen and oxygen atoms in total. The number of hydrogen-bond acceptors (Lipinski definition) is 4. The molecule has 7 heteroatoms. The third kappa shape index (κ3) is 5.19. The third-order valence-electron chi connectivity index (χ3n) is 4.27. The molecule has 0 radical (unpaired) electrons. The normalized spacial score (nSPS) is 20.1. The monoisotopic (exact) mass is 372 g/mol. The van der Waals surface area contributed by atoms with Gasteiger partial charge in [0, 0.05) is 37.7 Å². The zero-order valence-electron chi connectivity index (χ0n) is 13.9.